The van der Waals surface area contributed by atoms with Gasteiger partial charge in [0, 0.05) is 17.0 Å². The maximum Gasteiger partial charge on any atom is 0.339 e. The molecule has 0 saturated heterocycles. The van der Waals surface area contributed by atoms with Crippen molar-refractivity contribution >= 4 is 21.1 Å². The van der Waals surface area contributed by atoms with E-state index in [1.807, 2.05) is 6.92 Å². The van der Waals surface area contributed by atoms with Gasteiger partial charge in [-0.3, -0.25) is 0 Å². The second-order valence-electron chi connectivity index (χ2n) is 7.26. The van der Waals surface area contributed by atoms with Crippen LogP contribution in [0.3, 0.4) is 0 Å². The molecule has 152 valence electrons. The normalized spacial score (nSPS) is 14.3. The molecule has 0 spiro atoms. The van der Waals surface area contributed by atoms with Crippen LogP contribution in [0.4, 0.5) is 0 Å². The monoisotopic (exact) mass is 414 g/mol. The molecular weight excluding hydrogens is 392 g/mol. The van der Waals surface area contributed by atoms with E-state index in [-0.39, 0.29) is 22.0 Å². The van der Waals surface area contributed by atoms with Gasteiger partial charge in [0.2, 0.25) is 0 Å². The van der Waals surface area contributed by atoms with E-state index < -0.39 is 10.1 Å². The fraction of sp³-hybridized carbons (Fsp3) is 0.318. The number of fused-ring (bicyclic) bond motifs is 3. The van der Waals surface area contributed by atoms with Crippen LogP contribution in [0.25, 0.3) is 11.0 Å². The highest BCUT2D eigenvalue weighted by Crippen LogP contribution is 2.37. The molecule has 29 heavy (non-hydrogen) atoms. The van der Waals surface area contributed by atoms with Crippen molar-refractivity contribution in [3.8, 4) is 11.5 Å². The fourth-order valence-electron chi connectivity index (χ4n) is 3.72. The summed E-state index contributed by atoms with van der Waals surface area (Å²) in [5.74, 6) is 0.255. The van der Waals surface area contributed by atoms with Crippen LogP contribution < -0.4 is 14.5 Å². The minimum Gasteiger partial charge on any atom is -0.493 e. The highest BCUT2D eigenvalue weighted by Gasteiger charge is 2.23. The summed E-state index contributed by atoms with van der Waals surface area (Å²) in [6, 6.07) is 9.48. The van der Waals surface area contributed by atoms with Crippen LogP contribution in [0.1, 0.15) is 36.0 Å². The summed E-state index contributed by atoms with van der Waals surface area (Å²) < 4.78 is 41.6. The quantitative estimate of drug-likeness (QED) is 0.362. The SMILES string of the molecule is COc1cc2c3c(c(=O)oc2cc1OS(=O)(=O)c1ccc(C)cc1)CCCCC3. The lowest BCUT2D eigenvalue weighted by Crippen LogP contribution is -2.12. The minimum atomic E-state index is -4.06. The summed E-state index contributed by atoms with van der Waals surface area (Å²) in [6.07, 6.45) is 4.48. The van der Waals surface area contributed by atoms with E-state index >= 15 is 0 Å². The molecule has 0 N–H and O–H groups in total. The number of rotatable bonds is 4. The number of aryl methyl sites for hydroxylation is 2. The van der Waals surface area contributed by atoms with Crippen molar-refractivity contribution in [3.63, 3.8) is 0 Å². The topological polar surface area (TPSA) is 82.8 Å². The largest absolute Gasteiger partial charge is 0.493 e. The van der Waals surface area contributed by atoms with Gasteiger partial charge in [-0.25, -0.2) is 4.79 Å². The van der Waals surface area contributed by atoms with Crippen LogP contribution in [-0.2, 0) is 23.0 Å². The molecule has 1 aromatic heterocycles. The first-order chi connectivity index (χ1) is 13.9. The Balaban J connectivity index is 1.83. The van der Waals surface area contributed by atoms with E-state index in [4.69, 9.17) is 13.3 Å². The minimum absolute atomic E-state index is 0.0164. The molecular formula is C22H22O6S. The molecule has 1 aliphatic rings. The lowest BCUT2D eigenvalue weighted by molar-refractivity contribution is 0.390. The van der Waals surface area contributed by atoms with Gasteiger partial charge in [-0.15, -0.1) is 0 Å². The lowest BCUT2D eigenvalue weighted by atomic mass is 10.0. The van der Waals surface area contributed by atoms with Gasteiger partial charge in [-0.1, -0.05) is 24.1 Å². The van der Waals surface area contributed by atoms with Crippen LogP contribution in [0, 0.1) is 6.92 Å². The van der Waals surface area contributed by atoms with Crippen molar-refractivity contribution in [2.24, 2.45) is 0 Å². The Kier molecular flexibility index (Phi) is 5.08. The van der Waals surface area contributed by atoms with Gasteiger partial charge in [0.25, 0.3) is 0 Å². The maximum absolute atomic E-state index is 12.7. The summed E-state index contributed by atoms with van der Waals surface area (Å²) in [5.41, 5.74) is 2.53. The van der Waals surface area contributed by atoms with Crippen molar-refractivity contribution in [1.29, 1.82) is 0 Å². The molecule has 0 atom stereocenters. The molecule has 0 fully saturated rings. The summed E-state index contributed by atoms with van der Waals surface area (Å²) >= 11 is 0. The van der Waals surface area contributed by atoms with Gasteiger partial charge in [-0.2, -0.15) is 8.42 Å². The van der Waals surface area contributed by atoms with Gasteiger partial charge < -0.3 is 13.3 Å². The fourth-order valence-corrected chi connectivity index (χ4v) is 4.66. The molecule has 3 aromatic rings. The number of hydrogen-bond acceptors (Lipinski definition) is 6. The average Bonchev–Trinajstić information content (AvgIpc) is 2.94. The van der Waals surface area contributed by atoms with Crippen molar-refractivity contribution < 1.29 is 21.8 Å². The van der Waals surface area contributed by atoms with Crippen LogP contribution in [0.15, 0.2) is 50.5 Å². The number of ether oxygens (including phenoxy) is 1. The molecule has 2 aromatic carbocycles. The maximum atomic E-state index is 12.7. The van der Waals surface area contributed by atoms with Crippen molar-refractivity contribution in [2.75, 3.05) is 7.11 Å². The van der Waals surface area contributed by atoms with E-state index in [0.29, 0.717) is 17.6 Å². The molecule has 0 radical (unpaired) electrons. The van der Waals surface area contributed by atoms with Crippen molar-refractivity contribution in [1.82, 2.24) is 0 Å². The van der Waals surface area contributed by atoms with E-state index in [2.05, 4.69) is 0 Å². The molecule has 0 bridgehead atoms. The molecule has 0 aliphatic heterocycles. The van der Waals surface area contributed by atoms with Gasteiger partial charge in [0.05, 0.1) is 7.11 Å². The number of methoxy groups -OCH3 is 1. The molecule has 4 rings (SSSR count). The molecule has 0 unspecified atom stereocenters. The third-order valence-corrected chi connectivity index (χ3v) is 6.52. The Bertz CT molecular complexity index is 1220. The Morgan fingerprint density at radius 1 is 0.931 bits per heavy atom. The van der Waals surface area contributed by atoms with E-state index in [1.54, 1.807) is 18.2 Å². The van der Waals surface area contributed by atoms with Crippen molar-refractivity contribution in [2.45, 2.75) is 43.9 Å². The van der Waals surface area contributed by atoms with Crippen LogP contribution in [-0.4, -0.2) is 15.5 Å². The van der Waals surface area contributed by atoms with Gasteiger partial charge in [0.15, 0.2) is 11.5 Å². The summed E-state index contributed by atoms with van der Waals surface area (Å²) in [5, 5.41) is 0.762. The van der Waals surface area contributed by atoms with Crippen LogP contribution in [0.2, 0.25) is 0 Å². The smallest absolute Gasteiger partial charge is 0.339 e. The standard InChI is InChI=1S/C22H22O6S/c1-14-8-10-15(11-9-14)29(24,25)28-21-13-19-18(12-20(21)26-2)16-6-4-3-5-7-17(16)22(23)27-19/h8-13H,3-7H2,1-2H3. The Hall–Kier alpha value is -2.80. The van der Waals surface area contributed by atoms with Crippen molar-refractivity contribution in [3.05, 3.63) is 63.5 Å². The molecule has 7 heteroatoms. The first-order valence-corrected chi connectivity index (χ1v) is 11.0. The Morgan fingerprint density at radius 3 is 2.31 bits per heavy atom. The van der Waals surface area contributed by atoms with Crippen LogP contribution in [0.5, 0.6) is 11.5 Å². The highest BCUT2D eigenvalue weighted by molar-refractivity contribution is 7.87. The summed E-state index contributed by atoms with van der Waals surface area (Å²) in [4.78, 5) is 12.5. The molecule has 0 saturated carbocycles. The van der Waals surface area contributed by atoms with Crippen LogP contribution >= 0.6 is 0 Å². The van der Waals surface area contributed by atoms with Gasteiger partial charge >= 0.3 is 15.7 Å². The van der Waals surface area contributed by atoms with E-state index in [0.717, 1.165) is 42.2 Å². The third-order valence-electron chi connectivity index (χ3n) is 5.27. The lowest BCUT2D eigenvalue weighted by Gasteiger charge is -2.14. The summed E-state index contributed by atoms with van der Waals surface area (Å²) in [6.45, 7) is 1.87. The van der Waals surface area contributed by atoms with Gasteiger partial charge in [0.1, 0.15) is 10.5 Å². The van der Waals surface area contributed by atoms with E-state index in [9.17, 15) is 13.2 Å². The Labute approximate surface area is 169 Å². The second kappa shape index (κ2) is 7.55. The predicted molar refractivity (Wildman–Crippen MR) is 109 cm³/mol. The van der Waals surface area contributed by atoms with Gasteiger partial charge in [-0.05, 0) is 56.4 Å². The zero-order valence-electron chi connectivity index (χ0n) is 16.4. The average molecular weight is 414 g/mol. The second-order valence-corrected chi connectivity index (χ2v) is 8.80. The molecule has 1 heterocycles. The first-order valence-electron chi connectivity index (χ1n) is 9.57. The third kappa shape index (κ3) is 3.74. The number of hydrogen-bond donors (Lipinski definition) is 0. The van der Waals surface area contributed by atoms with E-state index in [1.165, 1.54) is 25.3 Å². The number of benzene rings is 2. The molecule has 0 amide bonds. The Morgan fingerprint density at radius 2 is 1.62 bits per heavy atom. The zero-order chi connectivity index (χ0) is 20.6. The zero-order valence-corrected chi connectivity index (χ0v) is 17.2. The highest BCUT2D eigenvalue weighted by atomic mass is 32.2. The predicted octanol–water partition coefficient (Wildman–Crippen LogP) is 4.15. The summed E-state index contributed by atoms with van der Waals surface area (Å²) in [7, 11) is -2.62. The molecule has 6 nitrogen and oxygen atoms in total. The molecule has 1 aliphatic carbocycles. The first kappa shape index (κ1) is 19.5.